The number of rotatable bonds is 5. The van der Waals surface area contributed by atoms with Gasteiger partial charge in [0.1, 0.15) is 5.69 Å². The first-order valence-corrected chi connectivity index (χ1v) is 6.81. The van der Waals surface area contributed by atoms with E-state index < -0.39 is 51.4 Å². The number of hydrogen-bond donors (Lipinski definition) is 2. The van der Waals surface area contributed by atoms with Gasteiger partial charge in [0.05, 0.1) is 4.92 Å². The van der Waals surface area contributed by atoms with Gasteiger partial charge in [0, 0.05) is 25.2 Å². The predicted molar refractivity (Wildman–Crippen MR) is 78.4 cm³/mol. The van der Waals surface area contributed by atoms with E-state index in [9.17, 15) is 28.1 Å². The van der Waals surface area contributed by atoms with E-state index in [4.69, 9.17) is 15.6 Å². The molecular formula is C13H12F3N5O5. The average Bonchev–Trinajstić information content (AvgIpc) is 2.87. The third-order valence-electron chi connectivity index (χ3n) is 3.34. The molecule has 0 radical (unpaired) electrons. The van der Waals surface area contributed by atoms with Crippen LogP contribution >= 0.6 is 0 Å². The summed E-state index contributed by atoms with van der Waals surface area (Å²) in [4.78, 5) is 25.1. The molecule has 1 unspecified atom stereocenters. The Morgan fingerprint density at radius 1 is 1.38 bits per heavy atom. The van der Waals surface area contributed by atoms with Crippen molar-refractivity contribution in [2.24, 2.45) is 12.8 Å². The van der Waals surface area contributed by atoms with Gasteiger partial charge in [-0.3, -0.25) is 14.8 Å². The summed E-state index contributed by atoms with van der Waals surface area (Å²) in [5.74, 6) is -2.49. The van der Waals surface area contributed by atoms with Gasteiger partial charge >= 0.3 is 12.1 Å². The lowest BCUT2D eigenvalue weighted by atomic mass is 9.97. The van der Waals surface area contributed by atoms with Crippen LogP contribution in [-0.4, -0.2) is 30.8 Å². The molecule has 2 heterocycles. The summed E-state index contributed by atoms with van der Waals surface area (Å²) >= 11 is 0. The molecular weight excluding hydrogens is 363 g/mol. The molecule has 1 atom stereocenters. The van der Waals surface area contributed by atoms with Crippen LogP contribution in [0.5, 0.6) is 11.8 Å². The Hall–Kier alpha value is -3.22. The van der Waals surface area contributed by atoms with E-state index in [2.05, 4.69) is 10.1 Å². The summed E-state index contributed by atoms with van der Waals surface area (Å²) in [6, 6.07) is 2.47. The number of nitrogens with two attached hydrogens (primary N) is 1. The molecule has 3 N–H and O–H groups in total. The largest absolute Gasteiger partial charge is 0.480 e. The fourth-order valence-corrected chi connectivity index (χ4v) is 1.98. The summed E-state index contributed by atoms with van der Waals surface area (Å²) in [5.41, 5.74) is 0.945. The van der Waals surface area contributed by atoms with Crippen LogP contribution < -0.4 is 10.5 Å². The molecule has 0 saturated carbocycles. The Labute approximate surface area is 143 Å². The van der Waals surface area contributed by atoms with Crippen LogP contribution in [0.15, 0.2) is 18.2 Å². The highest BCUT2D eigenvalue weighted by Gasteiger charge is 2.39. The number of carboxylic acid groups (broad SMARTS) is 1. The predicted octanol–water partition coefficient (Wildman–Crippen LogP) is 1.79. The third-order valence-corrected chi connectivity index (χ3v) is 3.34. The Bertz CT molecular complexity index is 878. The summed E-state index contributed by atoms with van der Waals surface area (Å²) in [6.45, 7) is 0.983. The quantitative estimate of drug-likeness (QED) is 0.594. The van der Waals surface area contributed by atoms with Crippen LogP contribution in [0.3, 0.4) is 0 Å². The number of pyridine rings is 1. The molecule has 2 rings (SSSR count). The zero-order valence-electron chi connectivity index (χ0n) is 13.3. The molecule has 0 bridgehead atoms. The molecule has 0 aliphatic rings. The first-order chi connectivity index (χ1) is 11.8. The monoisotopic (exact) mass is 375 g/mol. The van der Waals surface area contributed by atoms with E-state index in [0.717, 1.165) is 26.1 Å². The lowest BCUT2D eigenvalue weighted by Gasteiger charge is -2.18. The summed E-state index contributed by atoms with van der Waals surface area (Å²) in [5, 5.41) is 23.7. The molecule has 13 heteroatoms. The van der Waals surface area contributed by atoms with E-state index in [1.807, 2.05) is 0 Å². The molecule has 0 fully saturated rings. The molecule has 140 valence electrons. The topological polar surface area (TPSA) is 146 Å². The molecule has 0 aliphatic carbocycles. The second-order valence-electron chi connectivity index (χ2n) is 5.37. The van der Waals surface area contributed by atoms with E-state index >= 15 is 0 Å². The van der Waals surface area contributed by atoms with Gasteiger partial charge in [-0.15, -0.1) is 5.10 Å². The van der Waals surface area contributed by atoms with Crippen LogP contribution in [-0.2, 0) is 23.6 Å². The fourth-order valence-electron chi connectivity index (χ4n) is 1.98. The number of ether oxygens (including phenoxy) is 1. The highest BCUT2D eigenvalue weighted by atomic mass is 19.4. The maximum atomic E-state index is 12.8. The van der Waals surface area contributed by atoms with Gasteiger partial charge in [-0.05, 0) is 6.92 Å². The van der Waals surface area contributed by atoms with E-state index in [1.165, 1.54) is 0 Å². The number of halogens is 3. The minimum absolute atomic E-state index is 0.407. The van der Waals surface area contributed by atoms with Gasteiger partial charge in [0.2, 0.25) is 11.8 Å². The van der Waals surface area contributed by atoms with Crippen molar-refractivity contribution in [3.63, 3.8) is 0 Å². The van der Waals surface area contributed by atoms with Crippen molar-refractivity contribution in [3.8, 4) is 11.8 Å². The number of hydrogen-bond acceptors (Lipinski definition) is 7. The number of carboxylic acids is 1. The highest BCUT2D eigenvalue weighted by Crippen LogP contribution is 2.33. The van der Waals surface area contributed by atoms with Crippen molar-refractivity contribution in [3.05, 3.63) is 39.7 Å². The number of carbonyl (C=O) groups is 1. The van der Waals surface area contributed by atoms with Crippen LogP contribution in [0, 0.1) is 10.1 Å². The van der Waals surface area contributed by atoms with E-state index in [0.29, 0.717) is 10.7 Å². The molecule has 10 nitrogen and oxygen atoms in total. The number of aliphatic carboxylic acids is 1. The molecule has 0 aliphatic heterocycles. The van der Waals surface area contributed by atoms with Crippen LogP contribution in [0.25, 0.3) is 0 Å². The second kappa shape index (κ2) is 6.25. The molecule has 2 aromatic heterocycles. The molecule has 0 spiro atoms. The number of nitro groups is 1. The number of aryl methyl sites for hydroxylation is 1. The van der Waals surface area contributed by atoms with Crippen LogP contribution in [0.2, 0.25) is 0 Å². The molecule has 2 aromatic rings. The number of alkyl halides is 3. The minimum atomic E-state index is -4.67. The smallest absolute Gasteiger partial charge is 0.433 e. The van der Waals surface area contributed by atoms with Crippen molar-refractivity contribution >= 4 is 11.7 Å². The van der Waals surface area contributed by atoms with Gasteiger partial charge in [-0.2, -0.15) is 13.2 Å². The normalized spacial score (nSPS) is 13.9. The first-order valence-electron chi connectivity index (χ1n) is 6.81. The average molecular weight is 375 g/mol. The first kappa shape index (κ1) is 19.1. The molecule has 0 amide bonds. The Morgan fingerprint density at radius 2 is 2.00 bits per heavy atom. The maximum absolute atomic E-state index is 12.8. The van der Waals surface area contributed by atoms with Crippen molar-refractivity contribution in [2.45, 2.75) is 18.6 Å². The SMILES string of the molecule is Cn1nc(Oc2ccc([N+](=O)[O-])c(C(C)(N)C(=O)O)n2)cc1C(F)(F)F. The van der Waals surface area contributed by atoms with Gasteiger partial charge in [0.25, 0.3) is 5.69 Å². The summed E-state index contributed by atoms with van der Waals surface area (Å²) in [7, 11) is 1.05. The zero-order valence-corrected chi connectivity index (χ0v) is 13.3. The van der Waals surface area contributed by atoms with Crippen molar-refractivity contribution in [1.29, 1.82) is 0 Å². The minimum Gasteiger partial charge on any atom is -0.480 e. The van der Waals surface area contributed by atoms with E-state index in [-0.39, 0.29) is 0 Å². The van der Waals surface area contributed by atoms with Crippen LogP contribution in [0.1, 0.15) is 18.3 Å². The van der Waals surface area contributed by atoms with Crippen molar-refractivity contribution in [2.75, 3.05) is 0 Å². The third kappa shape index (κ3) is 3.56. The molecule has 0 aromatic carbocycles. The highest BCUT2D eigenvalue weighted by molar-refractivity contribution is 5.80. The Balaban J connectivity index is 2.47. The Morgan fingerprint density at radius 3 is 2.46 bits per heavy atom. The second-order valence-corrected chi connectivity index (χ2v) is 5.37. The lowest BCUT2D eigenvalue weighted by Crippen LogP contribution is -2.43. The van der Waals surface area contributed by atoms with Gasteiger partial charge < -0.3 is 15.6 Å². The number of nitrogens with zero attached hydrogens (tertiary/aromatic N) is 4. The van der Waals surface area contributed by atoms with Crippen LogP contribution in [0.4, 0.5) is 18.9 Å². The lowest BCUT2D eigenvalue weighted by molar-refractivity contribution is -0.386. The Kier molecular flexibility index (Phi) is 4.60. The standard InChI is InChI=1S/C13H12F3N5O5/c1-12(17,11(22)23)10-6(21(24)25)3-4-8(18-10)26-9-5-7(13(14,15)16)20(2)19-9/h3-5H,17H2,1-2H3,(H,22,23). The van der Waals surface area contributed by atoms with E-state index in [1.54, 1.807) is 0 Å². The van der Waals surface area contributed by atoms with Gasteiger partial charge in [-0.1, -0.05) is 0 Å². The molecule has 26 heavy (non-hydrogen) atoms. The summed E-state index contributed by atoms with van der Waals surface area (Å²) in [6.07, 6.45) is -4.67. The zero-order chi connectivity index (χ0) is 19.9. The maximum Gasteiger partial charge on any atom is 0.433 e. The van der Waals surface area contributed by atoms with Gasteiger partial charge in [-0.25, -0.2) is 9.78 Å². The summed E-state index contributed by atoms with van der Waals surface area (Å²) < 4.78 is 43.9. The molecule has 0 saturated heterocycles. The van der Waals surface area contributed by atoms with Crippen molar-refractivity contribution in [1.82, 2.24) is 14.8 Å². The fraction of sp³-hybridized carbons (Fsp3) is 0.308. The van der Waals surface area contributed by atoms with Crippen molar-refractivity contribution < 1.29 is 32.7 Å². The van der Waals surface area contributed by atoms with Gasteiger partial charge in [0.15, 0.2) is 11.2 Å². The number of aromatic nitrogens is 3.